The Balaban J connectivity index is 2.15. The lowest BCUT2D eigenvalue weighted by Crippen LogP contribution is -2.10. The molecule has 19 heavy (non-hydrogen) atoms. The van der Waals surface area contributed by atoms with E-state index in [1.54, 1.807) is 7.11 Å². The van der Waals surface area contributed by atoms with Crippen molar-refractivity contribution in [1.82, 2.24) is 9.97 Å². The number of anilines is 1. The van der Waals surface area contributed by atoms with Crippen LogP contribution in [0.3, 0.4) is 0 Å². The quantitative estimate of drug-likeness (QED) is 0.872. The number of rotatable bonds is 4. The van der Waals surface area contributed by atoms with Crippen LogP contribution in [0.15, 0.2) is 30.5 Å². The van der Waals surface area contributed by atoms with Gasteiger partial charge in [-0.05, 0) is 36.2 Å². The molecule has 0 radical (unpaired) electrons. The first kappa shape index (κ1) is 13.5. The number of nitrogens with zero attached hydrogens (tertiary/aromatic N) is 2. The van der Waals surface area contributed by atoms with E-state index in [1.165, 1.54) is 0 Å². The molecule has 0 aliphatic heterocycles. The van der Waals surface area contributed by atoms with Crippen molar-refractivity contribution < 1.29 is 9.13 Å². The first-order chi connectivity index (χ1) is 9.10. The zero-order chi connectivity index (χ0) is 13.8. The first-order valence-electron chi connectivity index (χ1n) is 5.68. The van der Waals surface area contributed by atoms with E-state index in [2.05, 4.69) is 15.3 Å². The molecule has 0 aliphatic carbocycles. The van der Waals surface area contributed by atoms with E-state index in [9.17, 15) is 4.39 Å². The summed E-state index contributed by atoms with van der Waals surface area (Å²) in [4.78, 5) is 7.38. The van der Waals surface area contributed by atoms with Gasteiger partial charge in [0.25, 0.3) is 0 Å². The van der Waals surface area contributed by atoms with Crippen molar-refractivity contribution in [1.29, 1.82) is 0 Å². The fourth-order valence-corrected chi connectivity index (χ4v) is 1.76. The molecule has 1 aromatic carbocycles. The largest absolute Gasteiger partial charge is 0.497 e. The number of nitrogens with one attached hydrogen (secondary N) is 1. The minimum absolute atomic E-state index is 0.00540. The molecule has 4 nitrogen and oxygen atoms in total. The summed E-state index contributed by atoms with van der Waals surface area (Å²) in [6, 6.07) is 7.37. The van der Waals surface area contributed by atoms with Crippen molar-refractivity contribution in [3.63, 3.8) is 0 Å². The molecule has 0 bridgehead atoms. The van der Waals surface area contributed by atoms with Crippen LogP contribution in [-0.2, 0) is 0 Å². The zero-order valence-electron chi connectivity index (χ0n) is 10.5. The monoisotopic (exact) mass is 281 g/mol. The molecule has 2 rings (SSSR count). The molecule has 0 aliphatic rings. The third-order valence-electron chi connectivity index (χ3n) is 2.68. The van der Waals surface area contributed by atoms with Crippen LogP contribution >= 0.6 is 11.6 Å². The standard InChI is InChI=1S/C13H13ClFN3O/c1-8(9-3-5-10(19-2)6-4-9)17-12-11(15)7-16-13(14)18-12/h3-8H,1-2H3,(H,16,17,18). The second-order valence-corrected chi connectivity index (χ2v) is 4.31. The lowest BCUT2D eigenvalue weighted by molar-refractivity contribution is 0.414. The van der Waals surface area contributed by atoms with Crippen LogP contribution in [0.2, 0.25) is 5.28 Å². The average Bonchev–Trinajstić information content (AvgIpc) is 2.43. The highest BCUT2D eigenvalue weighted by atomic mass is 35.5. The molecule has 1 heterocycles. The summed E-state index contributed by atoms with van der Waals surface area (Å²) in [6.45, 7) is 1.90. The van der Waals surface area contributed by atoms with E-state index in [0.717, 1.165) is 17.5 Å². The minimum atomic E-state index is -0.537. The Hall–Kier alpha value is -1.88. The van der Waals surface area contributed by atoms with Gasteiger partial charge in [0.1, 0.15) is 5.75 Å². The number of benzene rings is 1. The van der Waals surface area contributed by atoms with E-state index >= 15 is 0 Å². The minimum Gasteiger partial charge on any atom is -0.497 e. The highest BCUT2D eigenvalue weighted by Gasteiger charge is 2.11. The number of methoxy groups -OCH3 is 1. The Labute approximate surface area is 115 Å². The number of halogens is 2. The summed E-state index contributed by atoms with van der Waals surface area (Å²) in [6.07, 6.45) is 1.04. The highest BCUT2D eigenvalue weighted by Crippen LogP contribution is 2.22. The summed E-state index contributed by atoms with van der Waals surface area (Å²) in [7, 11) is 1.61. The van der Waals surface area contributed by atoms with Crippen LogP contribution in [0.1, 0.15) is 18.5 Å². The highest BCUT2D eigenvalue weighted by molar-refractivity contribution is 6.28. The second kappa shape index (κ2) is 5.84. The Morgan fingerprint density at radius 3 is 2.63 bits per heavy atom. The number of aromatic nitrogens is 2. The van der Waals surface area contributed by atoms with Crippen LogP contribution in [0, 0.1) is 5.82 Å². The summed E-state index contributed by atoms with van der Waals surface area (Å²) < 4.78 is 18.6. The van der Waals surface area contributed by atoms with Crippen molar-refractivity contribution in [2.24, 2.45) is 0 Å². The van der Waals surface area contributed by atoms with Crippen LogP contribution in [0.4, 0.5) is 10.2 Å². The van der Waals surface area contributed by atoms with Gasteiger partial charge in [-0.2, -0.15) is 4.98 Å². The molecule has 0 saturated carbocycles. The summed E-state index contributed by atoms with van der Waals surface area (Å²) in [5.41, 5.74) is 0.981. The van der Waals surface area contributed by atoms with Crippen molar-refractivity contribution in [3.05, 3.63) is 47.1 Å². The van der Waals surface area contributed by atoms with E-state index < -0.39 is 5.82 Å². The maximum absolute atomic E-state index is 13.5. The normalized spacial score (nSPS) is 12.0. The Bertz CT molecular complexity index is 562. The third kappa shape index (κ3) is 3.32. The van der Waals surface area contributed by atoms with Gasteiger partial charge >= 0.3 is 0 Å². The average molecular weight is 282 g/mol. The maximum Gasteiger partial charge on any atom is 0.224 e. The zero-order valence-corrected chi connectivity index (χ0v) is 11.3. The molecule has 0 spiro atoms. The van der Waals surface area contributed by atoms with Crippen molar-refractivity contribution >= 4 is 17.4 Å². The third-order valence-corrected chi connectivity index (χ3v) is 2.87. The van der Waals surface area contributed by atoms with Crippen LogP contribution in [0.25, 0.3) is 0 Å². The van der Waals surface area contributed by atoms with Gasteiger partial charge in [0, 0.05) is 0 Å². The molecule has 1 unspecified atom stereocenters. The van der Waals surface area contributed by atoms with Gasteiger partial charge in [0.15, 0.2) is 11.6 Å². The number of hydrogen-bond acceptors (Lipinski definition) is 4. The Morgan fingerprint density at radius 1 is 1.32 bits per heavy atom. The maximum atomic E-state index is 13.5. The predicted octanol–water partition coefficient (Wildman–Crippen LogP) is 3.45. The SMILES string of the molecule is COc1ccc(C(C)Nc2nc(Cl)ncc2F)cc1. The second-order valence-electron chi connectivity index (χ2n) is 3.97. The fraction of sp³-hybridized carbons (Fsp3) is 0.231. The van der Waals surface area contributed by atoms with E-state index in [-0.39, 0.29) is 17.1 Å². The first-order valence-corrected chi connectivity index (χ1v) is 6.06. The molecule has 2 aromatic rings. The molecule has 0 amide bonds. The van der Waals surface area contributed by atoms with Crippen LogP contribution in [0.5, 0.6) is 5.75 Å². The number of hydrogen-bond donors (Lipinski definition) is 1. The van der Waals surface area contributed by atoms with Crippen LogP contribution in [-0.4, -0.2) is 17.1 Å². The Morgan fingerprint density at radius 2 is 2.00 bits per heavy atom. The predicted molar refractivity (Wildman–Crippen MR) is 72.0 cm³/mol. The summed E-state index contributed by atoms with van der Waals surface area (Å²) >= 11 is 5.64. The molecule has 100 valence electrons. The van der Waals surface area contributed by atoms with Gasteiger partial charge in [-0.3, -0.25) is 0 Å². The molecule has 1 N–H and O–H groups in total. The van der Waals surface area contributed by atoms with E-state index in [4.69, 9.17) is 16.3 Å². The molecular formula is C13H13ClFN3O. The van der Waals surface area contributed by atoms with Gasteiger partial charge in [0.05, 0.1) is 19.3 Å². The molecule has 6 heteroatoms. The molecule has 1 aromatic heterocycles. The fourth-order valence-electron chi connectivity index (χ4n) is 1.63. The smallest absolute Gasteiger partial charge is 0.224 e. The molecular weight excluding hydrogens is 269 g/mol. The van der Waals surface area contributed by atoms with Gasteiger partial charge in [0.2, 0.25) is 5.28 Å². The Kier molecular flexibility index (Phi) is 4.16. The van der Waals surface area contributed by atoms with Gasteiger partial charge < -0.3 is 10.1 Å². The summed E-state index contributed by atoms with van der Waals surface area (Å²) in [5.74, 6) is 0.320. The topological polar surface area (TPSA) is 47.0 Å². The molecule has 0 saturated heterocycles. The van der Waals surface area contributed by atoms with E-state index in [0.29, 0.717) is 0 Å². The van der Waals surface area contributed by atoms with Crippen molar-refractivity contribution in [3.8, 4) is 5.75 Å². The van der Waals surface area contributed by atoms with Crippen molar-refractivity contribution in [2.75, 3.05) is 12.4 Å². The lowest BCUT2D eigenvalue weighted by atomic mass is 10.1. The van der Waals surface area contributed by atoms with Gasteiger partial charge in [-0.1, -0.05) is 12.1 Å². The molecule has 1 atom stereocenters. The molecule has 0 fully saturated rings. The van der Waals surface area contributed by atoms with Gasteiger partial charge in [-0.15, -0.1) is 0 Å². The van der Waals surface area contributed by atoms with E-state index in [1.807, 2.05) is 31.2 Å². The number of ether oxygens (including phenoxy) is 1. The van der Waals surface area contributed by atoms with Gasteiger partial charge in [-0.25, -0.2) is 9.37 Å². The van der Waals surface area contributed by atoms with Crippen molar-refractivity contribution in [2.45, 2.75) is 13.0 Å². The lowest BCUT2D eigenvalue weighted by Gasteiger charge is -2.15. The van der Waals surface area contributed by atoms with Crippen LogP contribution < -0.4 is 10.1 Å². The summed E-state index contributed by atoms with van der Waals surface area (Å²) in [5, 5.41) is 2.96.